The van der Waals surface area contributed by atoms with Crippen LogP contribution >= 0.6 is 11.3 Å². The number of hydrogen-bond acceptors (Lipinski definition) is 4. The standard InChI is InChI=1S/C22H23FN2O2S/c1-14-5-10-19-21(15(14)2)24-22(28-19)25(13-18-4-3-11-27-18)20(26)12-16-6-8-17(23)9-7-16/h5-10,18H,3-4,11-13H2,1-2H3. The number of rotatable bonds is 5. The molecule has 1 saturated heterocycles. The van der Waals surface area contributed by atoms with Crippen molar-refractivity contribution in [3.05, 3.63) is 58.9 Å². The maximum absolute atomic E-state index is 13.2. The lowest BCUT2D eigenvalue weighted by atomic mass is 10.1. The summed E-state index contributed by atoms with van der Waals surface area (Å²) in [7, 11) is 0. The minimum atomic E-state index is -0.301. The number of anilines is 1. The average Bonchev–Trinajstić information content (AvgIpc) is 3.34. The van der Waals surface area contributed by atoms with Gasteiger partial charge in [0.25, 0.3) is 0 Å². The number of thiazole rings is 1. The summed E-state index contributed by atoms with van der Waals surface area (Å²) in [5, 5.41) is 0.700. The normalized spacial score (nSPS) is 16.6. The zero-order chi connectivity index (χ0) is 19.7. The first-order chi connectivity index (χ1) is 13.5. The highest BCUT2D eigenvalue weighted by atomic mass is 32.1. The Morgan fingerprint density at radius 3 is 2.75 bits per heavy atom. The molecule has 1 amide bonds. The lowest BCUT2D eigenvalue weighted by Gasteiger charge is -2.23. The van der Waals surface area contributed by atoms with Gasteiger partial charge in [-0.05, 0) is 61.6 Å². The fourth-order valence-corrected chi connectivity index (χ4v) is 4.53. The minimum absolute atomic E-state index is 0.0343. The fraction of sp³-hybridized carbons (Fsp3) is 0.364. The van der Waals surface area contributed by atoms with Gasteiger partial charge in [0, 0.05) is 6.61 Å². The summed E-state index contributed by atoms with van der Waals surface area (Å²) in [4.78, 5) is 19.7. The summed E-state index contributed by atoms with van der Waals surface area (Å²) in [5.41, 5.74) is 4.07. The monoisotopic (exact) mass is 398 g/mol. The van der Waals surface area contributed by atoms with Crippen LogP contribution in [0.2, 0.25) is 0 Å². The number of aromatic nitrogens is 1. The van der Waals surface area contributed by atoms with Gasteiger partial charge in [-0.15, -0.1) is 0 Å². The minimum Gasteiger partial charge on any atom is -0.376 e. The van der Waals surface area contributed by atoms with Gasteiger partial charge in [-0.3, -0.25) is 9.69 Å². The summed E-state index contributed by atoms with van der Waals surface area (Å²) < 4.78 is 20.0. The topological polar surface area (TPSA) is 42.4 Å². The lowest BCUT2D eigenvalue weighted by Crippen LogP contribution is -2.38. The lowest BCUT2D eigenvalue weighted by molar-refractivity contribution is -0.118. The van der Waals surface area contributed by atoms with Crippen molar-refractivity contribution < 1.29 is 13.9 Å². The molecule has 1 fully saturated rings. The van der Waals surface area contributed by atoms with Crippen molar-refractivity contribution in [2.24, 2.45) is 0 Å². The number of hydrogen-bond donors (Lipinski definition) is 0. The van der Waals surface area contributed by atoms with Crippen LogP contribution in [-0.4, -0.2) is 30.1 Å². The highest BCUT2D eigenvalue weighted by Crippen LogP contribution is 2.33. The second-order valence-corrected chi connectivity index (χ2v) is 8.30. The Morgan fingerprint density at radius 2 is 2.04 bits per heavy atom. The Kier molecular flexibility index (Phi) is 5.42. The summed E-state index contributed by atoms with van der Waals surface area (Å²) in [6.07, 6.45) is 2.21. The van der Waals surface area contributed by atoms with Crippen molar-refractivity contribution in [3.8, 4) is 0 Å². The number of amides is 1. The van der Waals surface area contributed by atoms with Gasteiger partial charge in [0.2, 0.25) is 5.91 Å². The summed E-state index contributed by atoms with van der Waals surface area (Å²) >= 11 is 1.53. The third-order valence-electron chi connectivity index (χ3n) is 5.28. The van der Waals surface area contributed by atoms with Crippen LogP contribution in [0.5, 0.6) is 0 Å². The number of benzene rings is 2. The zero-order valence-corrected chi connectivity index (χ0v) is 16.9. The van der Waals surface area contributed by atoms with Crippen LogP contribution in [0.15, 0.2) is 36.4 Å². The van der Waals surface area contributed by atoms with Gasteiger partial charge in [0.15, 0.2) is 5.13 Å². The Hall–Kier alpha value is -2.31. The molecule has 1 aliphatic rings. The van der Waals surface area contributed by atoms with Gasteiger partial charge < -0.3 is 4.74 Å². The van der Waals surface area contributed by atoms with Gasteiger partial charge in [-0.2, -0.15) is 0 Å². The molecule has 3 aromatic rings. The molecule has 28 heavy (non-hydrogen) atoms. The van der Waals surface area contributed by atoms with E-state index in [-0.39, 0.29) is 24.2 Å². The van der Waals surface area contributed by atoms with Gasteiger partial charge in [-0.1, -0.05) is 29.5 Å². The molecular weight excluding hydrogens is 375 g/mol. The maximum Gasteiger partial charge on any atom is 0.233 e. The van der Waals surface area contributed by atoms with E-state index in [1.54, 1.807) is 17.0 Å². The molecule has 4 nitrogen and oxygen atoms in total. The Morgan fingerprint density at radius 1 is 1.25 bits per heavy atom. The number of nitrogens with zero attached hydrogens (tertiary/aromatic N) is 2. The molecule has 0 N–H and O–H groups in total. The molecule has 0 spiro atoms. The zero-order valence-electron chi connectivity index (χ0n) is 16.1. The van der Waals surface area contributed by atoms with E-state index in [9.17, 15) is 9.18 Å². The maximum atomic E-state index is 13.2. The molecule has 4 rings (SSSR count). The van der Waals surface area contributed by atoms with Crippen molar-refractivity contribution in [1.82, 2.24) is 4.98 Å². The molecule has 1 unspecified atom stereocenters. The number of aryl methyl sites for hydroxylation is 2. The largest absolute Gasteiger partial charge is 0.376 e. The number of halogens is 1. The first kappa shape index (κ1) is 19.0. The van der Waals surface area contributed by atoms with Crippen molar-refractivity contribution in [2.45, 2.75) is 39.2 Å². The molecule has 6 heteroatoms. The summed E-state index contributed by atoms with van der Waals surface area (Å²) in [6, 6.07) is 10.2. The number of carbonyl (C=O) groups is 1. The van der Waals surface area contributed by atoms with E-state index in [4.69, 9.17) is 9.72 Å². The molecular formula is C22H23FN2O2S. The van der Waals surface area contributed by atoms with Gasteiger partial charge in [0.05, 0.1) is 29.3 Å². The number of ether oxygens (including phenoxy) is 1. The van der Waals surface area contributed by atoms with Gasteiger partial charge >= 0.3 is 0 Å². The van der Waals surface area contributed by atoms with Crippen molar-refractivity contribution in [1.29, 1.82) is 0 Å². The van der Waals surface area contributed by atoms with Crippen LogP contribution < -0.4 is 4.90 Å². The number of fused-ring (bicyclic) bond motifs is 1. The molecule has 146 valence electrons. The Labute approximate surface area is 168 Å². The van der Waals surface area contributed by atoms with Crippen LogP contribution in [0.3, 0.4) is 0 Å². The van der Waals surface area contributed by atoms with E-state index < -0.39 is 0 Å². The van der Waals surface area contributed by atoms with E-state index in [1.165, 1.54) is 29.0 Å². The molecule has 0 aliphatic carbocycles. The van der Waals surface area contributed by atoms with E-state index in [1.807, 2.05) is 0 Å². The van der Waals surface area contributed by atoms with Gasteiger partial charge in [-0.25, -0.2) is 9.37 Å². The Balaban J connectivity index is 1.65. The molecule has 1 aromatic heterocycles. The van der Waals surface area contributed by atoms with Crippen LogP contribution in [0.4, 0.5) is 9.52 Å². The second kappa shape index (κ2) is 7.97. The molecule has 1 aliphatic heterocycles. The van der Waals surface area contributed by atoms with Crippen LogP contribution in [0.1, 0.15) is 29.5 Å². The fourth-order valence-electron chi connectivity index (χ4n) is 3.48. The van der Waals surface area contributed by atoms with E-state index >= 15 is 0 Å². The second-order valence-electron chi connectivity index (χ2n) is 7.29. The quantitative estimate of drug-likeness (QED) is 0.620. The molecule has 0 radical (unpaired) electrons. The highest BCUT2D eigenvalue weighted by molar-refractivity contribution is 7.22. The van der Waals surface area contributed by atoms with Crippen LogP contribution in [0, 0.1) is 19.7 Å². The summed E-state index contributed by atoms with van der Waals surface area (Å²) in [6.45, 7) is 5.37. The van der Waals surface area contributed by atoms with Crippen molar-refractivity contribution in [2.75, 3.05) is 18.1 Å². The predicted octanol–water partition coefficient (Wildman–Crippen LogP) is 4.81. The van der Waals surface area contributed by atoms with E-state index in [0.717, 1.165) is 40.8 Å². The third-order valence-corrected chi connectivity index (χ3v) is 6.33. The molecule has 1 atom stereocenters. The molecule has 2 heterocycles. The van der Waals surface area contributed by atoms with E-state index in [2.05, 4.69) is 26.0 Å². The average molecular weight is 399 g/mol. The molecule has 2 aromatic carbocycles. The third kappa shape index (κ3) is 3.93. The first-order valence-electron chi connectivity index (χ1n) is 9.54. The summed E-state index contributed by atoms with van der Waals surface area (Å²) in [5.74, 6) is -0.347. The van der Waals surface area contributed by atoms with Crippen LogP contribution in [-0.2, 0) is 16.0 Å². The molecule has 0 bridgehead atoms. The van der Waals surface area contributed by atoms with E-state index in [0.29, 0.717) is 11.7 Å². The van der Waals surface area contributed by atoms with Crippen molar-refractivity contribution >= 4 is 32.6 Å². The molecule has 0 saturated carbocycles. The first-order valence-corrected chi connectivity index (χ1v) is 10.4. The van der Waals surface area contributed by atoms with Crippen molar-refractivity contribution in [3.63, 3.8) is 0 Å². The van der Waals surface area contributed by atoms with Gasteiger partial charge in [0.1, 0.15) is 5.82 Å². The number of carbonyl (C=O) groups excluding carboxylic acids is 1. The predicted molar refractivity (Wildman–Crippen MR) is 111 cm³/mol. The highest BCUT2D eigenvalue weighted by Gasteiger charge is 2.26. The van der Waals surface area contributed by atoms with Crippen LogP contribution in [0.25, 0.3) is 10.2 Å². The SMILES string of the molecule is Cc1ccc2sc(N(CC3CCCO3)C(=O)Cc3ccc(F)cc3)nc2c1C. The smallest absolute Gasteiger partial charge is 0.233 e. The Bertz CT molecular complexity index is 994.